The molecule has 5 rings (SSSR count). The maximum Gasteiger partial charge on any atom is 0.225 e. The number of rotatable bonds is 6. The summed E-state index contributed by atoms with van der Waals surface area (Å²) >= 11 is 6.34. The first kappa shape index (κ1) is 23.1. The van der Waals surface area contributed by atoms with E-state index in [1.807, 2.05) is 30.5 Å². The van der Waals surface area contributed by atoms with Crippen molar-refractivity contribution in [2.45, 2.75) is 37.8 Å². The highest BCUT2D eigenvalue weighted by molar-refractivity contribution is 7.88. The van der Waals surface area contributed by atoms with Crippen LogP contribution in [0.5, 0.6) is 0 Å². The monoisotopic (exact) mass is 502 g/mol. The van der Waals surface area contributed by atoms with Crippen LogP contribution >= 0.6 is 11.6 Å². The Bertz CT molecular complexity index is 1310. The van der Waals surface area contributed by atoms with Crippen LogP contribution in [0.3, 0.4) is 0 Å². The van der Waals surface area contributed by atoms with Crippen LogP contribution in [0.15, 0.2) is 36.7 Å². The molecule has 1 aliphatic heterocycles. The van der Waals surface area contributed by atoms with E-state index in [9.17, 15) is 13.2 Å². The van der Waals surface area contributed by atoms with Gasteiger partial charge in [0.2, 0.25) is 15.9 Å². The number of hydrogen-bond acceptors (Lipinski definition) is 6. The number of nitrogens with zero attached hydrogens (tertiary/aromatic N) is 3. The van der Waals surface area contributed by atoms with Crippen LogP contribution in [0, 0.1) is 5.92 Å². The van der Waals surface area contributed by atoms with E-state index in [1.54, 1.807) is 6.20 Å². The van der Waals surface area contributed by atoms with Gasteiger partial charge >= 0.3 is 0 Å². The molecule has 1 amide bonds. The van der Waals surface area contributed by atoms with Crippen LogP contribution < -0.4 is 10.6 Å². The van der Waals surface area contributed by atoms with E-state index in [1.165, 1.54) is 10.6 Å². The third kappa shape index (κ3) is 4.89. The zero-order valence-corrected chi connectivity index (χ0v) is 20.4. The molecule has 0 unspecified atom stereocenters. The van der Waals surface area contributed by atoms with Gasteiger partial charge in [-0.2, -0.15) is 0 Å². The molecule has 0 aromatic carbocycles. The van der Waals surface area contributed by atoms with Crippen molar-refractivity contribution in [3.8, 4) is 11.1 Å². The number of carbonyl (C=O) groups is 1. The summed E-state index contributed by atoms with van der Waals surface area (Å²) in [6.07, 6.45) is 8.35. The lowest BCUT2D eigenvalue weighted by Gasteiger charge is -2.37. The first-order chi connectivity index (χ1) is 16.3. The van der Waals surface area contributed by atoms with E-state index in [4.69, 9.17) is 11.6 Å². The van der Waals surface area contributed by atoms with Gasteiger partial charge in [0.05, 0.1) is 12.2 Å². The van der Waals surface area contributed by atoms with Crippen molar-refractivity contribution in [2.24, 2.45) is 5.92 Å². The third-order valence-corrected chi connectivity index (χ3v) is 8.10. The highest BCUT2D eigenvalue weighted by Gasteiger charge is 2.38. The van der Waals surface area contributed by atoms with Gasteiger partial charge in [-0.25, -0.2) is 22.7 Å². The Kier molecular flexibility index (Phi) is 6.22. The number of hydrogen-bond donors (Lipinski definition) is 3. The summed E-state index contributed by atoms with van der Waals surface area (Å²) in [4.78, 5) is 24.4. The Morgan fingerprint density at radius 2 is 1.91 bits per heavy atom. The number of carbonyl (C=O) groups excluding carboxylic acids is 1. The summed E-state index contributed by atoms with van der Waals surface area (Å²) in [5, 5.41) is 8.05. The van der Waals surface area contributed by atoms with Crippen LogP contribution in [-0.2, 0) is 14.8 Å². The molecule has 34 heavy (non-hydrogen) atoms. The summed E-state index contributed by atoms with van der Waals surface area (Å²) in [5.41, 5.74) is 2.81. The van der Waals surface area contributed by atoms with Crippen LogP contribution in [0.2, 0.25) is 5.15 Å². The first-order valence-electron chi connectivity index (χ1n) is 11.4. The Hall–Kier alpha value is -2.69. The molecule has 9 nitrogen and oxygen atoms in total. The standard InChI is InChI=1S/C23H27ClN6O3S/c1-34(32,33)30-12-15(13-30)23(31)28-17-6-4-16(5-7-17)27-21-10-14(9-20(24)29-21)19-11-26-22-18(19)3-2-8-25-22/h2-3,8-11,15-17H,4-7,12-13H2,1H3,(H,25,26)(H,27,29)(H,28,31)/t16-,17-. The predicted octanol–water partition coefficient (Wildman–Crippen LogP) is 3.01. The molecule has 3 aromatic rings. The van der Waals surface area contributed by atoms with Crippen LogP contribution in [0.1, 0.15) is 25.7 Å². The van der Waals surface area contributed by atoms with Gasteiger partial charge in [0.15, 0.2) is 0 Å². The summed E-state index contributed by atoms with van der Waals surface area (Å²) in [6, 6.07) is 8.12. The van der Waals surface area contributed by atoms with Crippen molar-refractivity contribution in [3.05, 3.63) is 41.8 Å². The van der Waals surface area contributed by atoms with Crippen molar-refractivity contribution in [3.63, 3.8) is 0 Å². The van der Waals surface area contributed by atoms with Crippen molar-refractivity contribution in [1.82, 2.24) is 24.6 Å². The van der Waals surface area contributed by atoms with Gasteiger partial charge in [0.1, 0.15) is 16.6 Å². The fraction of sp³-hybridized carbons (Fsp3) is 0.435. The number of H-pyrrole nitrogens is 1. The number of sulfonamides is 1. The van der Waals surface area contributed by atoms with E-state index >= 15 is 0 Å². The lowest BCUT2D eigenvalue weighted by molar-refractivity contribution is -0.129. The molecule has 2 fully saturated rings. The second-order valence-electron chi connectivity index (χ2n) is 9.14. The molecule has 4 heterocycles. The van der Waals surface area contributed by atoms with Gasteiger partial charge in [-0.15, -0.1) is 0 Å². The van der Waals surface area contributed by atoms with Gasteiger partial charge in [-0.3, -0.25) is 4.79 Å². The highest BCUT2D eigenvalue weighted by atomic mass is 35.5. The fourth-order valence-corrected chi connectivity index (χ4v) is 5.82. The number of amides is 1. The van der Waals surface area contributed by atoms with Crippen LogP contribution in [0.4, 0.5) is 5.82 Å². The number of anilines is 1. The smallest absolute Gasteiger partial charge is 0.225 e. The topological polar surface area (TPSA) is 120 Å². The SMILES string of the molecule is CS(=O)(=O)N1CC(C(=O)N[C@H]2CC[C@H](Nc3cc(-c4c[nH]c5ncccc45)cc(Cl)n3)CC2)C1. The van der Waals surface area contributed by atoms with Gasteiger partial charge in [-0.1, -0.05) is 11.6 Å². The number of aromatic amines is 1. The van der Waals surface area contributed by atoms with Gasteiger partial charge in [0, 0.05) is 48.5 Å². The summed E-state index contributed by atoms with van der Waals surface area (Å²) in [5.74, 6) is 0.425. The van der Waals surface area contributed by atoms with Gasteiger partial charge in [-0.05, 0) is 55.5 Å². The Labute approximate surface area is 203 Å². The first-order valence-corrected chi connectivity index (χ1v) is 13.6. The quantitative estimate of drug-likeness (QED) is 0.446. The largest absolute Gasteiger partial charge is 0.367 e. The number of fused-ring (bicyclic) bond motifs is 1. The molecule has 0 bridgehead atoms. The lowest BCUT2D eigenvalue weighted by atomic mass is 9.90. The molecule has 0 spiro atoms. The molecular formula is C23H27ClN6O3S. The van der Waals surface area contributed by atoms with Crippen LogP contribution in [0.25, 0.3) is 22.2 Å². The van der Waals surface area contributed by atoms with Gasteiger partial charge < -0.3 is 15.6 Å². The summed E-state index contributed by atoms with van der Waals surface area (Å²) in [6.45, 7) is 0.549. The second-order valence-corrected chi connectivity index (χ2v) is 11.5. The Morgan fingerprint density at radius 3 is 2.65 bits per heavy atom. The Morgan fingerprint density at radius 1 is 1.18 bits per heavy atom. The summed E-state index contributed by atoms with van der Waals surface area (Å²) in [7, 11) is -3.21. The molecule has 0 radical (unpaired) electrons. The maximum atomic E-state index is 12.4. The van der Waals surface area contributed by atoms with Gasteiger partial charge in [0.25, 0.3) is 0 Å². The Balaban J connectivity index is 1.17. The molecule has 2 aliphatic rings. The zero-order valence-electron chi connectivity index (χ0n) is 18.8. The van der Waals surface area contributed by atoms with E-state index in [0.717, 1.165) is 53.7 Å². The fourth-order valence-electron chi connectivity index (χ4n) is 4.71. The minimum absolute atomic E-state index is 0.0503. The second kappa shape index (κ2) is 9.16. The molecule has 1 aliphatic carbocycles. The number of aromatic nitrogens is 3. The number of halogens is 1. The van der Waals surface area contributed by atoms with E-state index in [-0.39, 0.29) is 37.0 Å². The zero-order chi connectivity index (χ0) is 23.9. The van der Waals surface area contributed by atoms with E-state index in [0.29, 0.717) is 5.15 Å². The minimum Gasteiger partial charge on any atom is -0.367 e. The molecule has 3 N–H and O–H groups in total. The number of pyridine rings is 2. The van der Waals surface area contributed by atoms with Crippen LogP contribution in [-0.4, -0.2) is 65.0 Å². The normalized spacial score (nSPS) is 21.8. The molecule has 0 atom stereocenters. The third-order valence-electron chi connectivity index (χ3n) is 6.67. The molecule has 11 heteroatoms. The van der Waals surface area contributed by atoms with E-state index in [2.05, 4.69) is 25.6 Å². The summed E-state index contributed by atoms with van der Waals surface area (Å²) < 4.78 is 24.3. The predicted molar refractivity (Wildman–Crippen MR) is 132 cm³/mol. The minimum atomic E-state index is -3.21. The lowest BCUT2D eigenvalue weighted by Crippen LogP contribution is -2.56. The van der Waals surface area contributed by atoms with Crippen molar-refractivity contribution in [1.29, 1.82) is 0 Å². The number of nitrogens with one attached hydrogen (secondary N) is 3. The highest BCUT2D eigenvalue weighted by Crippen LogP contribution is 2.31. The van der Waals surface area contributed by atoms with Crippen molar-refractivity contribution < 1.29 is 13.2 Å². The molecule has 1 saturated carbocycles. The molecular weight excluding hydrogens is 476 g/mol. The molecule has 180 valence electrons. The van der Waals surface area contributed by atoms with E-state index < -0.39 is 10.0 Å². The molecule has 3 aromatic heterocycles. The molecule has 1 saturated heterocycles. The van der Waals surface area contributed by atoms with Crippen molar-refractivity contribution >= 4 is 44.4 Å². The average molecular weight is 503 g/mol. The maximum absolute atomic E-state index is 12.4. The average Bonchev–Trinajstić information content (AvgIpc) is 3.17. The van der Waals surface area contributed by atoms with Crippen molar-refractivity contribution in [2.75, 3.05) is 24.7 Å².